The highest BCUT2D eigenvalue weighted by Gasteiger charge is 2.49. The second-order valence-electron chi connectivity index (χ2n) is 14.9. The lowest BCUT2D eigenvalue weighted by Crippen LogP contribution is -2.53. The molecule has 1 saturated carbocycles. The van der Waals surface area contributed by atoms with Crippen molar-refractivity contribution >= 4 is 33.2 Å². The Morgan fingerprint density at radius 2 is 1.83 bits per heavy atom. The Kier molecular flexibility index (Phi) is 10.2. The highest BCUT2D eigenvalue weighted by Crippen LogP contribution is 2.50. The number of nitrogens with zero attached hydrogens (tertiary/aromatic N) is 2. The highest BCUT2D eigenvalue weighted by atomic mass is 35.5. The molecule has 2 aliphatic carbocycles. The number of nitrogens with one attached hydrogen (secondary N) is 1. The van der Waals surface area contributed by atoms with Gasteiger partial charge in [-0.3, -0.25) is 4.79 Å². The normalized spacial score (nSPS) is 32.4. The summed E-state index contributed by atoms with van der Waals surface area (Å²) in [6.45, 7) is 6.24. The van der Waals surface area contributed by atoms with E-state index in [9.17, 15) is 13.2 Å². The fraction of sp³-hybridized carbons (Fsp3) is 0.649. The van der Waals surface area contributed by atoms with E-state index in [1.807, 2.05) is 32.2 Å². The number of hydrogen-bond acceptors (Lipinski definition) is 7. The van der Waals surface area contributed by atoms with Gasteiger partial charge in [0.25, 0.3) is 5.91 Å². The van der Waals surface area contributed by atoms with Gasteiger partial charge < -0.3 is 19.3 Å². The molecule has 1 unspecified atom stereocenters. The molecular formula is C37H52ClN3O5S. The predicted molar refractivity (Wildman–Crippen MR) is 188 cm³/mol. The number of carbonyl (C=O) groups is 1. The van der Waals surface area contributed by atoms with Gasteiger partial charge in [-0.2, -0.15) is 0 Å². The lowest BCUT2D eigenvalue weighted by atomic mass is 9.61. The van der Waals surface area contributed by atoms with Crippen molar-refractivity contribution in [3.05, 3.63) is 58.1 Å². The number of fused-ring (bicyclic) bond motifs is 5. The van der Waals surface area contributed by atoms with Gasteiger partial charge in [0.05, 0.1) is 16.5 Å². The summed E-state index contributed by atoms with van der Waals surface area (Å²) in [4.78, 5) is 18.2. The van der Waals surface area contributed by atoms with Crippen LogP contribution in [0, 0.1) is 23.7 Å². The summed E-state index contributed by atoms with van der Waals surface area (Å²) in [7, 11) is 2.20. The molecule has 8 nitrogen and oxygen atoms in total. The number of ether oxygens (including phenoxy) is 2. The molecule has 2 aromatic rings. The maximum Gasteiger partial charge on any atom is 0.264 e. The summed E-state index contributed by atoms with van der Waals surface area (Å²) in [6.07, 6.45) is 8.58. The zero-order valence-corrected chi connectivity index (χ0v) is 30.2. The van der Waals surface area contributed by atoms with Gasteiger partial charge in [-0.05, 0) is 132 Å². The average molecular weight is 686 g/mol. The van der Waals surface area contributed by atoms with Crippen LogP contribution >= 0.6 is 11.6 Å². The molecule has 10 heteroatoms. The van der Waals surface area contributed by atoms with Crippen molar-refractivity contribution in [2.75, 3.05) is 45.7 Å². The molecule has 258 valence electrons. The molecule has 0 spiro atoms. The zero-order chi connectivity index (χ0) is 33.5. The molecule has 2 aromatic carbocycles. The summed E-state index contributed by atoms with van der Waals surface area (Å²) in [5.41, 5.74) is 3.32. The summed E-state index contributed by atoms with van der Waals surface area (Å²) in [6, 6.07) is 11.5. The van der Waals surface area contributed by atoms with Crippen molar-refractivity contribution < 1.29 is 22.7 Å². The number of methoxy groups -OCH3 is 1. The molecule has 4 aliphatic rings. The van der Waals surface area contributed by atoms with Crippen LogP contribution in [0.4, 0.5) is 5.69 Å². The van der Waals surface area contributed by atoms with Gasteiger partial charge in [0.2, 0.25) is 10.0 Å². The van der Waals surface area contributed by atoms with E-state index in [2.05, 4.69) is 40.7 Å². The third-order valence-electron chi connectivity index (χ3n) is 11.9. The second kappa shape index (κ2) is 13.9. The first kappa shape index (κ1) is 34.5. The van der Waals surface area contributed by atoms with E-state index in [-0.39, 0.29) is 23.5 Å². The molecule has 2 heterocycles. The Morgan fingerprint density at radius 1 is 1.04 bits per heavy atom. The minimum absolute atomic E-state index is 0.116. The van der Waals surface area contributed by atoms with Crippen LogP contribution in [-0.4, -0.2) is 70.9 Å². The standard InChI is InChI=1S/C37H52ClN3O5S/c1-24-8-7-17-37(45-5,18-19-40(3)4)32-15-11-28(32)22-41-23-29-10-6-9-26-20-30(38)13-14-31(26)35(29)46-34-16-12-27(21-33(34)41)36(42)39-47(43,44)25(24)2/h12-14,16,20-21,24-25,28-29,32,35H,6-11,15,17-19,22-23H2,1-5H3,(H,39,42)/t24-,25+,28-,29+,32+,35?,37-/m0/s1. The fourth-order valence-corrected chi connectivity index (χ4v) is 10.1. The fourth-order valence-electron chi connectivity index (χ4n) is 8.64. The molecule has 7 atom stereocenters. The Balaban J connectivity index is 1.43. The van der Waals surface area contributed by atoms with Gasteiger partial charge in [-0.15, -0.1) is 0 Å². The van der Waals surface area contributed by atoms with E-state index in [1.165, 1.54) is 11.1 Å². The lowest BCUT2D eigenvalue weighted by Gasteiger charge is -2.51. The Bertz CT molecular complexity index is 1570. The van der Waals surface area contributed by atoms with E-state index in [4.69, 9.17) is 21.1 Å². The number of benzene rings is 2. The molecule has 2 aliphatic heterocycles. The number of amides is 1. The van der Waals surface area contributed by atoms with Crippen LogP contribution in [0.15, 0.2) is 36.4 Å². The smallest absolute Gasteiger partial charge is 0.264 e. The molecule has 1 N–H and O–H groups in total. The van der Waals surface area contributed by atoms with Crippen LogP contribution in [0.2, 0.25) is 5.02 Å². The summed E-state index contributed by atoms with van der Waals surface area (Å²) in [5, 5.41) is 0.0267. The number of hydrogen-bond donors (Lipinski definition) is 1. The zero-order valence-electron chi connectivity index (χ0n) is 28.6. The van der Waals surface area contributed by atoms with Gasteiger partial charge in [0.1, 0.15) is 11.9 Å². The lowest BCUT2D eigenvalue weighted by molar-refractivity contribution is -0.122. The summed E-state index contributed by atoms with van der Waals surface area (Å²) >= 11 is 6.43. The largest absolute Gasteiger partial charge is 0.483 e. The van der Waals surface area contributed by atoms with Crippen LogP contribution in [-0.2, 0) is 21.2 Å². The van der Waals surface area contributed by atoms with Gasteiger partial charge >= 0.3 is 0 Å². The first-order valence-corrected chi connectivity index (χ1v) is 19.4. The molecule has 1 fully saturated rings. The number of sulfonamides is 1. The Hall–Kier alpha value is -2.33. The first-order chi connectivity index (χ1) is 22.4. The second-order valence-corrected chi connectivity index (χ2v) is 17.4. The molecule has 0 saturated heterocycles. The number of rotatable bonds is 4. The first-order valence-electron chi connectivity index (χ1n) is 17.5. The topological polar surface area (TPSA) is 88.2 Å². The van der Waals surface area contributed by atoms with Gasteiger partial charge in [0, 0.05) is 43.2 Å². The summed E-state index contributed by atoms with van der Waals surface area (Å²) in [5.74, 6) is 1.08. The summed E-state index contributed by atoms with van der Waals surface area (Å²) < 4.78 is 42.8. The molecular weight excluding hydrogens is 634 g/mol. The van der Waals surface area contributed by atoms with Crippen molar-refractivity contribution in [3.63, 3.8) is 0 Å². The Labute approximate surface area is 286 Å². The maximum absolute atomic E-state index is 13.5. The van der Waals surface area contributed by atoms with Crippen molar-refractivity contribution in [2.24, 2.45) is 23.7 Å². The monoisotopic (exact) mass is 685 g/mol. The highest BCUT2D eigenvalue weighted by molar-refractivity contribution is 7.90. The number of aryl methyl sites for hydroxylation is 1. The van der Waals surface area contributed by atoms with Crippen molar-refractivity contribution in [2.45, 2.75) is 88.6 Å². The SMILES string of the molecule is CO[C@]1(CCN(C)C)CCC[C@H](C)[C@@H](C)S(=O)(=O)NC(=O)c2ccc3c(c2)N(C[C@H]2CCCc4cc(Cl)ccc4C2O3)C[C@@H]2CC[C@H]21. The van der Waals surface area contributed by atoms with Gasteiger partial charge in [0.15, 0.2) is 0 Å². The quantitative estimate of drug-likeness (QED) is 0.376. The predicted octanol–water partition coefficient (Wildman–Crippen LogP) is 6.86. The van der Waals surface area contributed by atoms with Crippen LogP contribution in [0.3, 0.4) is 0 Å². The van der Waals surface area contributed by atoms with E-state index in [0.717, 1.165) is 93.9 Å². The van der Waals surface area contributed by atoms with Gasteiger partial charge in [-0.1, -0.05) is 31.0 Å². The van der Waals surface area contributed by atoms with E-state index in [0.29, 0.717) is 17.4 Å². The molecule has 1 amide bonds. The van der Waals surface area contributed by atoms with Crippen molar-refractivity contribution in [1.82, 2.24) is 9.62 Å². The van der Waals surface area contributed by atoms with E-state index >= 15 is 0 Å². The number of carbonyl (C=O) groups excluding carboxylic acids is 1. The average Bonchev–Trinajstić information content (AvgIpc) is 3.27. The minimum Gasteiger partial charge on any atom is -0.483 e. The number of anilines is 1. The van der Waals surface area contributed by atoms with Crippen LogP contribution in [0.5, 0.6) is 5.75 Å². The molecule has 2 bridgehead atoms. The third-order valence-corrected chi connectivity index (χ3v) is 14.0. The molecule has 0 radical (unpaired) electrons. The van der Waals surface area contributed by atoms with Crippen molar-refractivity contribution in [3.8, 4) is 5.75 Å². The number of halogens is 1. The minimum atomic E-state index is -3.89. The molecule has 6 rings (SSSR count). The van der Waals surface area contributed by atoms with Crippen molar-refractivity contribution in [1.29, 1.82) is 0 Å². The third kappa shape index (κ3) is 7.06. The van der Waals surface area contributed by atoms with Crippen LogP contribution in [0.25, 0.3) is 0 Å². The maximum atomic E-state index is 13.5. The van der Waals surface area contributed by atoms with E-state index < -0.39 is 21.2 Å². The van der Waals surface area contributed by atoms with Crippen LogP contribution < -0.4 is 14.4 Å². The van der Waals surface area contributed by atoms with Gasteiger partial charge in [-0.25, -0.2) is 13.1 Å². The van der Waals surface area contributed by atoms with Crippen LogP contribution in [0.1, 0.15) is 92.8 Å². The molecule has 0 aromatic heterocycles. The molecule has 47 heavy (non-hydrogen) atoms. The van der Waals surface area contributed by atoms with E-state index in [1.54, 1.807) is 13.0 Å². The Morgan fingerprint density at radius 3 is 2.55 bits per heavy atom.